The Labute approximate surface area is 190 Å². The van der Waals surface area contributed by atoms with E-state index < -0.39 is 0 Å². The van der Waals surface area contributed by atoms with Crippen LogP contribution in [0.1, 0.15) is 9.67 Å². The Bertz CT molecular complexity index is 1020. The Kier molecular flexibility index (Phi) is 6.60. The van der Waals surface area contributed by atoms with Crippen LogP contribution in [0.4, 0.5) is 5.13 Å². The zero-order chi connectivity index (χ0) is 20.4. The van der Waals surface area contributed by atoms with Gasteiger partial charge in [-0.1, -0.05) is 22.9 Å². The molecule has 1 amide bonds. The maximum Gasteiger partial charge on any atom is 0.261 e. The first-order valence-corrected chi connectivity index (χ1v) is 12.0. The van der Waals surface area contributed by atoms with Crippen molar-refractivity contribution in [2.24, 2.45) is 0 Å². The zero-order valence-electron chi connectivity index (χ0n) is 15.8. The van der Waals surface area contributed by atoms with Gasteiger partial charge in [0.25, 0.3) is 5.91 Å². The van der Waals surface area contributed by atoms with Gasteiger partial charge in [-0.15, -0.1) is 11.3 Å². The van der Waals surface area contributed by atoms with Crippen molar-refractivity contribution in [3.8, 4) is 5.75 Å². The molecule has 1 aliphatic heterocycles. The lowest BCUT2D eigenvalue weighted by Crippen LogP contribution is -2.48. The lowest BCUT2D eigenvalue weighted by Gasteiger charge is -2.34. The van der Waals surface area contributed by atoms with Gasteiger partial charge in [-0.25, -0.2) is 4.98 Å². The van der Waals surface area contributed by atoms with Crippen LogP contribution >= 0.6 is 50.2 Å². The third kappa shape index (κ3) is 4.69. The van der Waals surface area contributed by atoms with Gasteiger partial charge in [-0.05, 0) is 40.2 Å². The molecule has 4 rings (SSSR count). The van der Waals surface area contributed by atoms with E-state index in [1.54, 1.807) is 18.4 Å². The summed E-state index contributed by atoms with van der Waals surface area (Å²) in [5, 5.41) is 4.58. The van der Waals surface area contributed by atoms with E-state index >= 15 is 0 Å². The first-order valence-electron chi connectivity index (χ1n) is 9.19. The number of carbonyl (C=O) groups is 1. The maximum atomic E-state index is 12.1. The number of hydrogen-bond acceptors (Lipinski definition) is 7. The highest BCUT2D eigenvalue weighted by atomic mass is 79.9. The number of thiophene rings is 1. The molecule has 0 spiro atoms. The number of fused-ring (bicyclic) bond motifs is 1. The van der Waals surface area contributed by atoms with Crippen LogP contribution in [0.15, 0.2) is 28.1 Å². The summed E-state index contributed by atoms with van der Waals surface area (Å²) in [4.78, 5) is 22.3. The average Bonchev–Trinajstić information content (AvgIpc) is 3.35. The topological polar surface area (TPSA) is 57.7 Å². The van der Waals surface area contributed by atoms with Gasteiger partial charge in [0.1, 0.15) is 5.52 Å². The van der Waals surface area contributed by atoms with Crippen molar-refractivity contribution < 1.29 is 9.53 Å². The largest absolute Gasteiger partial charge is 0.493 e. The van der Waals surface area contributed by atoms with Crippen LogP contribution in [-0.2, 0) is 0 Å². The molecule has 1 aromatic carbocycles. The molecule has 10 heteroatoms. The first-order chi connectivity index (χ1) is 14.0. The smallest absolute Gasteiger partial charge is 0.261 e. The summed E-state index contributed by atoms with van der Waals surface area (Å²) >= 11 is 12.7. The van der Waals surface area contributed by atoms with E-state index in [1.165, 1.54) is 11.3 Å². The molecule has 154 valence electrons. The third-order valence-electron chi connectivity index (χ3n) is 4.81. The van der Waals surface area contributed by atoms with Gasteiger partial charge < -0.3 is 15.0 Å². The molecular formula is C19H20BrClN4O2S2. The Hall–Kier alpha value is -1.39. The number of benzene rings is 1. The maximum absolute atomic E-state index is 12.1. The predicted molar refractivity (Wildman–Crippen MR) is 124 cm³/mol. The molecule has 0 radical (unpaired) electrons. The van der Waals surface area contributed by atoms with Gasteiger partial charge in [0, 0.05) is 39.3 Å². The van der Waals surface area contributed by atoms with Gasteiger partial charge in [0.05, 0.1) is 25.5 Å². The monoisotopic (exact) mass is 514 g/mol. The Balaban J connectivity index is 1.29. The van der Waals surface area contributed by atoms with E-state index in [1.807, 2.05) is 24.3 Å². The molecule has 1 fully saturated rings. The number of amides is 1. The second kappa shape index (κ2) is 9.18. The quantitative estimate of drug-likeness (QED) is 0.529. The standard InChI is InChI=1S/C19H20BrClN4O2S2/c1-27-17-12(21)2-3-13-16(17)23-19(29-13)25-10-8-24(9-11-25)7-6-22-18(26)14-4-5-15(20)28-14/h2-5H,6-11H2,1H3,(H,22,26). The fourth-order valence-electron chi connectivity index (χ4n) is 3.28. The van der Waals surface area contributed by atoms with E-state index in [-0.39, 0.29) is 5.91 Å². The molecule has 1 N–H and O–H groups in total. The number of hydrogen-bond donors (Lipinski definition) is 1. The van der Waals surface area contributed by atoms with Crippen LogP contribution < -0.4 is 15.0 Å². The lowest BCUT2D eigenvalue weighted by molar-refractivity contribution is 0.0952. The van der Waals surface area contributed by atoms with Gasteiger partial charge in [0.15, 0.2) is 10.9 Å². The molecular weight excluding hydrogens is 496 g/mol. The number of piperazine rings is 1. The molecule has 3 heterocycles. The number of ether oxygens (including phenoxy) is 1. The predicted octanol–water partition coefficient (Wildman–Crippen LogP) is 4.33. The van der Waals surface area contributed by atoms with Gasteiger partial charge in [-0.2, -0.15) is 0 Å². The molecule has 6 nitrogen and oxygen atoms in total. The van der Waals surface area contributed by atoms with E-state index in [9.17, 15) is 4.79 Å². The number of thiazole rings is 1. The third-order valence-corrected chi connectivity index (χ3v) is 7.81. The van der Waals surface area contributed by atoms with Crippen LogP contribution in [0, 0.1) is 0 Å². The molecule has 3 aromatic rings. The van der Waals surface area contributed by atoms with Gasteiger partial charge in [-0.3, -0.25) is 9.69 Å². The fourth-order valence-corrected chi connectivity index (χ4v) is 5.83. The number of nitrogens with zero attached hydrogens (tertiary/aromatic N) is 3. The molecule has 2 aromatic heterocycles. The van der Waals surface area contributed by atoms with E-state index in [4.69, 9.17) is 21.3 Å². The van der Waals surface area contributed by atoms with Crippen molar-refractivity contribution in [1.29, 1.82) is 0 Å². The highest BCUT2D eigenvalue weighted by molar-refractivity contribution is 9.11. The number of rotatable bonds is 6. The molecule has 1 aliphatic rings. The molecule has 0 aliphatic carbocycles. The summed E-state index contributed by atoms with van der Waals surface area (Å²) in [6, 6.07) is 7.58. The Morgan fingerprint density at radius 3 is 2.72 bits per heavy atom. The average molecular weight is 516 g/mol. The van der Waals surface area contributed by atoms with Crippen molar-refractivity contribution >= 4 is 71.5 Å². The van der Waals surface area contributed by atoms with Crippen LogP contribution in [-0.4, -0.2) is 62.2 Å². The summed E-state index contributed by atoms with van der Waals surface area (Å²) in [5.74, 6) is 0.625. The molecule has 0 atom stereocenters. The number of nitrogens with one attached hydrogen (secondary N) is 1. The Morgan fingerprint density at radius 1 is 1.24 bits per heavy atom. The molecule has 1 saturated heterocycles. The summed E-state index contributed by atoms with van der Waals surface area (Å²) in [6.45, 7) is 5.17. The molecule has 0 unspecified atom stereocenters. The summed E-state index contributed by atoms with van der Waals surface area (Å²) in [6.07, 6.45) is 0. The number of anilines is 1. The van der Waals surface area contributed by atoms with Crippen molar-refractivity contribution in [2.75, 3.05) is 51.3 Å². The van der Waals surface area contributed by atoms with E-state index in [2.05, 4.69) is 31.0 Å². The normalized spacial score (nSPS) is 15.1. The molecule has 0 saturated carbocycles. The highest BCUT2D eigenvalue weighted by Crippen LogP contribution is 2.38. The Morgan fingerprint density at radius 2 is 2.03 bits per heavy atom. The second-order valence-corrected chi connectivity index (χ2v) is 10.5. The minimum absolute atomic E-state index is 0.0126. The summed E-state index contributed by atoms with van der Waals surface area (Å²) < 4.78 is 7.46. The van der Waals surface area contributed by atoms with Crippen molar-refractivity contribution in [1.82, 2.24) is 15.2 Å². The van der Waals surface area contributed by atoms with Crippen molar-refractivity contribution in [3.05, 3.63) is 38.0 Å². The summed E-state index contributed by atoms with van der Waals surface area (Å²) in [7, 11) is 1.62. The van der Waals surface area contributed by atoms with E-state index in [0.29, 0.717) is 17.3 Å². The number of aromatic nitrogens is 1. The SMILES string of the molecule is COc1c(Cl)ccc2sc(N3CCN(CCNC(=O)c4ccc(Br)s4)CC3)nc12. The van der Waals surface area contributed by atoms with Crippen LogP contribution in [0.3, 0.4) is 0 Å². The number of carbonyl (C=O) groups excluding carboxylic acids is 1. The first kappa shape index (κ1) is 20.9. The van der Waals surface area contributed by atoms with Crippen molar-refractivity contribution in [3.63, 3.8) is 0 Å². The molecule has 0 bridgehead atoms. The van der Waals surface area contributed by atoms with E-state index in [0.717, 1.165) is 56.7 Å². The zero-order valence-corrected chi connectivity index (χ0v) is 19.8. The minimum Gasteiger partial charge on any atom is -0.493 e. The number of halogens is 2. The molecule has 29 heavy (non-hydrogen) atoms. The van der Waals surface area contributed by atoms with Crippen LogP contribution in [0.25, 0.3) is 10.2 Å². The fraction of sp³-hybridized carbons (Fsp3) is 0.368. The number of methoxy groups -OCH3 is 1. The van der Waals surface area contributed by atoms with Gasteiger partial charge in [0.2, 0.25) is 0 Å². The van der Waals surface area contributed by atoms with Crippen LogP contribution in [0.5, 0.6) is 5.75 Å². The minimum atomic E-state index is -0.0126. The van der Waals surface area contributed by atoms with Gasteiger partial charge >= 0.3 is 0 Å². The van der Waals surface area contributed by atoms with Crippen molar-refractivity contribution in [2.45, 2.75) is 0 Å². The lowest BCUT2D eigenvalue weighted by atomic mass is 10.3. The summed E-state index contributed by atoms with van der Waals surface area (Å²) in [5.41, 5.74) is 0.824. The second-order valence-electron chi connectivity index (χ2n) is 6.61. The van der Waals surface area contributed by atoms with Crippen LogP contribution in [0.2, 0.25) is 5.02 Å². The highest BCUT2D eigenvalue weighted by Gasteiger charge is 2.21.